The third-order valence-electron chi connectivity index (χ3n) is 2.56. The fourth-order valence-electron chi connectivity index (χ4n) is 1.33. The number of hydrogen-bond donors (Lipinski definition) is 0. The van der Waals surface area contributed by atoms with Crippen LogP contribution in [-0.4, -0.2) is 25.8 Å². The molecule has 0 bridgehead atoms. The molecule has 0 saturated heterocycles. The predicted octanol–water partition coefficient (Wildman–Crippen LogP) is 2.92. The summed E-state index contributed by atoms with van der Waals surface area (Å²) in [6.07, 6.45) is 0.105. The predicted molar refractivity (Wildman–Crippen MR) is 71.1 cm³/mol. The average molecular weight is 307 g/mol. The highest BCUT2D eigenvalue weighted by Crippen LogP contribution is 2.28. The molecule has 1 rings (SSSR count). The number of nitrogens with zero attached hydrogens (tertiary/aromatic N) is 2. The zero-order valence-electron chi connectivity index (χ0n) is 9.89. The van der Waals surface area contributed by atoms with E-state index in [1.807, 2.05) is 6.07 Å². The van der Waals surface area contributed by atoms with Gasteiger partial charge in [0, 0.05) is 18.1 Å². The Morgan fingerprint density at radius 2 is 2.06 bits per heavy atom. The lowest BCUT2D eigenvalue weighted by atomic mass is 10.3. The van der Waals surface area contributed by atoms with Crippen molar-refractivity contribution in [1.82, 2.24) is 4.31 Å². The number of hydrogen-bond acceptors (Lipinski definition) is 3. The molecule has 0 heterocycles. The van der Waals surface area contributed by atoms with Crippen LogP contribution < -0.4 is 0 Å². The molecule has 98 valence electrons. The van der Waals surface area contributed by atoms with Gasteiger partial charge in [-0.1, -0.05) is 23.2 Å². The van der Waals surface area contributed by atoms with Gasteiger partial charge in [-0.05, 0) is 25.1 Å². The molecule has 0 aromatic heterocycles. The van der Waals surface area contributed by atoms with E-state index in [0.717, 1.165) is 4.31 Å². The maximum absolute atomic E-state index is 12.3. The first-order valence-corrected chi connectivity index (χ1v) is 7.30. The summed E-state index contributed by atoms with van der Waals surface area (Å²) >= 11 is 11.7. The maximum Gasteiger partial charge on any atom is 0.244 e. The Bertz CT molecular complexity index is 581. The number of sulfonamides is 1. The van der Waals surface area contributed by atoms with Crippen molar-refractivity contribution in [2.45, 2.75) is 24.3 Å². The van der Waals surface area contributed by atoms with Crippen molar-refractivity contribution in [3.8, 4) is 6.07 Å². The smallest absolute Gasteiger partial charge is 0.207 e. The molecule has 0 aliphatic rings. The third-order valence-corrected chi connectivity index (χ3v) is 5.25. The van der Waals surface area contributed by atoms with E-state index in [0.29, 0.717) is 5.02 Å². The van der Waals surface area contributed by atoms with Crippen molar-refractivity contribution in [1.29, 1.82) is 5.26 Å². The van der Waals surface area contributed by atoms with Crippen molar-refractivity contribution in [2.75, 3.05) is 7.05 Å². The standard InChI is InChI=1S/C11H12Cl2N2O2S/c1-8(5-6-14)15(2)18(16,17)11-7-9(12)3-4-10(11)13/h3-4,7-8H,5H2,1-2H3. The highest BCUT2D eigenvalue weighted by Gasteiger charge is 2.27. The zero-order chi connectivity index (χ0) is 13.9. The fourth-order valence-corrected chi connectivity index (χ4v) is 3.42. The van der Waals surface area contributed by atoms with Crippen LogP contribution in [0.3, 0.4) is 0 Å². The summed E-state index contributed by atoms with van der Waals surface area (Å²) in [6, 6.07) is 5.74. The van der Waals surface area contributed by atoms with Crippen LogP contribution in [0.1, 0.15) is 13.3 Å². The Morgan fingerprint density at radius 3 is 2.61 bits per heavy atom. The van der Waals surface area contributed by atoms with E-state index < -0.39 is 16.1 Å². The van der Waals surface area contributed by atoms with Gasteiger partial charge in [0.15, 0.2) is 0 Å². The molecule has 7 heteroatoms. The van der Waals surface area contributed by atoms with Crippen LogP contribution in [0.15, 0.2) is 23.1 Å². The van der Waals surface area contributed by atoms with E-state index >= 15 is 0 Å². The van der Waals surface area contributed by atoms with Gasteiger partial charge in [0.05, 0.1) is 17.5 Å². The SMILES string of the molecule is CC(CC#N)N(C)S(=O)(=O)c1cc(Cl)ccc1Cl. The van der Waals surface area contributed by atoms with Gasteiger partial charge >= 0.3 is 0 Å². The molecule has 18 heavy (non-hydrogen) atoms. The lowest BCUT2D eigenvalue weighted by molar-refractivity contribution is 0.393. The maximum atomic E-state index is 12.3. The lowest BCUT2D eigenvalue weighted by Gasteiger charge is -2.22. The van der Waals surface area contributed by atoms with E-state index in [1.165, 1.54) is 25.2 Å². The first-order chi connectivity index (χ1) is 8.30. The van der Waals surface area contributed by atoms with Gasteiger partial charge in [-0.15, -0.1) is 0 Å². The molecule has 0 aliphatic carbocycles. The van der Waals surface area contributed by atoms with Crippen LogP contribution in [0.4, 0.5) is 0 Å². The summed E-state index contributed by atoms with van der Waals surface area (Å²) < 4.78 is 25.7. The van der Waals surface area contributed by atoms with Gasteiger partial charge in [-0.2, -0.15) is 9.57 Å². The summed E-state index contributed by atoms with van der Waals surface area (Å²) in [4.78, 5) is -0.0519. The topological polar surface area (TPSA) is 61.2 Å². The highest BCUT2D eigenvalue weighted by atomic mass is 35.5. The Labute approximate surface area is 117 Å². The molecule has 1 unspecified atom stereocenters. The van der Waals surface area contributed by atoms with E-state index in [4.69, 9.17) is 28.5 Å². The van der Waals surface area contributed by atoms with Crippen molar-refractivity contribution >= 4 is 33.2 Å². The second-order valence-electron chi connectivity index (χ2n) is 3.81. The van der Waals surface area contributed by atoms with Gasteiger partial charge < -0.3 is 0 Å². The average Bonchev–Trinajstić information content (AvgIpc) is 2.31. The Kier molecular flexibility index (Phi) is 5.00. The molecule has 1 aromatic rings. The van der Waals surface area contributed by atoms with Crippen molar-refractivity contribution in [3.63, 3.8) is 0 Å². The summed E-state index contributed by atoms with van der Waals surface area (Å²) in [5.41, 5.74) is 0. The minimum absolute atomic E-state index is 0.0519. The van der Waals surface area contributed by atoms with E-state index in [9.17, 15) is 8.42 Å². The summed E-state index contributed by atoms with van der Waals surface area (Å²) in [5.74, 6) is 0. The first-order valence-electron chi connectivity index (χ1n) is 5.10. The monoisotopic (exact) mass is 306 g/mol. The first kappa shape index (κ1) is 15.3. The normalized spacial score (nSPS) is 13.3. The van der Waals surface area contributed by atoms with Crippen molar-refractivity contribution in [2.24, 2.45) is 0 Å². The Balaban J connectivity index is 3.22. The second kappa shape index (κ2) is 5.89. The van der Waals surface area contributed by atoms with E-state index in [2.05, 4.69) is 0 Å². The van der Waals surface area contributed by atoms with Crippen LogP contribution in [-0.2, 0) is 10.0 Å². The molecule has 0 spiro atoms. The van der Waals surface area contributed by atoms with Crippen LogP contribution in [0.25, 0.3) is 0 Å². The van der Waals surface area contributed by atoms with Crippen molar-refractivity contribution in [3.05, 3.63) is 28.2 Å². The minimum atomic E-state index is -3.75. The molecule has 0 saturated carbocycles. The van der Waals surface area contributed by atoms with E-state index in [1.54, 1.807) is 6.92 Å². The molecule has 0 aliphatic heterocycles. The van der Waals surface area contributed by atoms with Crippen LogP contribution in [0.5, 0.6) is 0 Å². The Hall–Kier alpha value is -0.800. The summed E-state index contributed by atoms with van der Waals surface area (Å²) in [6.45, 7) is 1.65. The largest absolute Gasteiger partial charge is 0.244 e. The molecule has 0 fully saturated rings. The summed E-state index contributed by atoms with van der Waals surface area (Å²) in [5, 5.41) is 9.00. The van der Waals surface area contributed by atoms with Gasteiger partial charge in [0.1, 0.15) is 4.90 Å². The molecule has 1 atom stereocenters. The molecular weight excluding hydrogens is 295 g/mol. The van der Waals surface area contributed by atoms with Gasteiger partial charge in [0.2, 0.25) is 10.0 Å². The number of rotatable bonds is 4. The van der Waals surface area contributed by atoms with Gasteiger partial charge in [-0.3, -0.25) is 0 Å². The number of benzene rings is 1. The molecule has 0 radical (unpaired) electrons. The molecule has 4 nitrogen and oxygen atoms in total. The van der Waals surface area contributed by atoms with Gasteiger partial charge in [0.25, 0.3) is 0 Å². The van der Waals surface area contributed by atoms with Crippen LogP contribution >= 0.6 is 23.2 Å². The molecular formula is C11H12Cl2N2O2S. The fraction of sp³-hybridized carbons (Fsp3) is 0.364. The minimum Gasteiger partial charge on any atom is -0.207 e. The van der Waals surface area contributed by atoms with E-state index in [-0.39, 0.29) is 16.3 Å². The van der Waals surface area contributed by atoms with Crippen molar-refractivity contribution < 1.29 is 8.42 Å². The third kappa shape index (κ3) is 3.15. The number of halogens is 2. The number of nitriles is 1. The Morgan fingerprint density at radius 1 is 1.44 bits per heavy atom. The summed E-state index contributed by atoms with van der Waals surface area (Å²) in [7, 11) is -2.34. The van der Waals surface area contributed by atoms with Crippen LogP contribution in [0.2, 0.25) is 10.0 Å². The molecule has 0 amide bonds. The highest BCUT2D eigenvalue weighted by molar-refractivity contribution is 7.89. The quantitative estimate of drug-likeness (QED) is 0.859. The second-order valence-corrected chi connectivity index (χ2v) is 6.62. The molecule has 1 aromatic carbocycles. The zero-order valence-corrected chi connectivity index (χ0v) is 12.2. The lowest BCUT2D eigenvalue weighted by Crippen LogP contribution is -2.35. The molecule has 0 N–H and O–H groups in total. The van der Waals surface area contributed by atoms with Crippen LogP contribution in [0, 0.1) is 11.3 Å². The van der Waals surface area contributed by atoms with Gasteiger partial charge in [-0.25, -0.2) is 8.42 Å².